The zero-order valence-corrected chi connectivity index (χ0v) is 18.2. The van der Waals surface area contributed by atoms with Crippen LogP contribution in [0.25, 0.3) is 22.1 Å². The molecule has 5 aromatic rings. The SMILES string of the molecule is COc1ccccc1OCCOc1cccc(C=c2sc3nc4ccccc4n3c2=O)c1. The summed E-state index contributed by atoms with van der Waals surface area (Å²) in [5.41, 5.74) is 2.48. The van der Waals surface area contributed by atoms with Crippen LogP contribution in [-0.4, -0.2) is 29.7 Å². The van der Waals surface area contributed by atoms with Crippen molar-refractivity contribution in [2.24, 2.45) is 0 Å². The van der Waals surface area contributed by atoms with Crippen molar-refractivity contribution in [3.05, 3.63) is 93.2 Å². The molecule has 0 atom stereocenters. The molecule has 5 rings (SSSR count). The van der Waals surface area contributed by atoms with Crippen molar-refractivity contribution in [1.82, 2.24) is 9.38 Å². The average Bonchev–Trinajstić information content (AvgIpc) is 3.33. The number of hydrogen-bond acceptors (Lipinski definition) is 6. The molecule has 0 saturated carbocycles. The van der Waals surface area contributed by atoms with Crippen LogP contribution in [0.3, 0.4) is 0 Å². The maximum Gasteiger partial charge on any atom is 0.274 e. The third-order valence-corrected chi connectivity index (χ3v) is 5.95. The van der Waals surface area contributed by atoms with Crippen LogP contribution in [0.2, 0.25) is 0 Å². The average molecular weight is 445 g/mol. The lowest BCUT2D eigenvalue weighted by Gasteiger charge is -2.11. The Labute approximate surface area is 187 Å². The molecule has 0 N–H and O–H groups in total. The monoisotopic (exact) mass is 444 g/mol. The molecule has 0 aliphatic rings. The maximum atomic E-state index is 12.9. The number of methoxy groups -OCH3 is 1. The van der Waals surface area contributed by atoms with Gasteiger partial charge in [0.15, 0.2) is 16.5 Å². The quantitative estimate of drug-likeness (QED) is 0.356. The molecule has 2 heterocycles. The number of para-hydroxylation sites is 4. The summed E-state index contributed by atoms with van der Waals surface area (Å²) in [5, 5.41) is 0. The minimum Gasteiger partial charge on any atom is -0.493 e. The summed E-state index contributed by atoms with van der Waals surface area (Å²) in [5.74, 6) is 2.08. The minimum absolute atomic E-state index is 0.0600. The maximum absolute atomic E-state index is 12.9. The number of nitrogens with zero attached hydrogens (tertiary/aromatic N) is 2. The lowest BCUT2D eigenvalue weighted by molar-refractivity contribution is 0.211. The van der Waals surface area contributed by atoms with E-state index in [1.165, 1.54) is 11.3 Å². The molecule has 7 heteroatoms. The highest BCUT2D eigenvalue weighted by atomic mass is 32.1. The zero-order chi connectivity index (χ0) is 21.9. The van der Waals surface area contributed by atoms with E-state index in [0.717, 1.165) is 16.6 Å². The number of thiazole rings is 1. The van der Waals surface area contributed by atoms with Gasteiger partial charge in [0.2, 0.25) is 0 Å². The van der Waals surface area contributed by atoms with Gasteiger partial charge in [0, 0.05) is 0 Å². The van der Waals surface area contributed by atoms with Gasteiger partial charge in [0.05, 0.1) is 22.7 Å². The summed E-state index contributed by atoms with van der Waals surface area (Å²) < 4.78 is 19.2. The molecule has 0 spiro atoms. The van der Waals surface area contributed by atoms with E-state index < -0.39 is 0 Å². The van der Waals surface area contributed by atoms with E-state index in [1.54, 1.807) is 11.5 Å². The molecule has 0 aliphatic carbocycles. The van der Waals surface area contributed by atoms with Crippen molar-refractivity contribution in [1.29, 1.82) is 0 Å². The van der Waals surface area contributed by atoms with Gasteiger partial charge < -0.3 is 14.2 Å². The number of benzene rings is 3. The van der Waals surface area contributed by atoms with Crippen LogP contribution in [0, 0.1) is 0 Å². The number of hydrogen-bond donors (Lipinski definition) is 0. The highest BCUT2D eigenvalue weighted by Gasteiger charge is 2.10. The lowest BCUT2D eigenvalue weighted by atomic mass is 10.2. The number of aromatic nitrogens is 2. The zero-order valence-electron chi connectivity index (χ0n) is 17.4. The van der Waals surface area contributed by atoms with Crippen molar-refractivity contribution in [3.8, 4) is 17.2 Å². The first-order valence-corrected chi connectivity index (χ1v) is 10.9. The molecule has 0 aliphatic heterocycles. The topological polar surface area (TPSA) is 62.1 Å². The Kier molecular flexibility index (Phi) is 5.47. The van der Waals surface area contributed by atoms with Crippen molar-refractivity contribution in [2.75, 3.05) is 20.3 Å². The normalized spacial score (nSPS) is 11.8. The van der Waals surface area contributed by atoms with Crippen molar-refractivity contribution in [3.63, 3.8) is 0 Å². The third-order valence-electron chi connectivity index (χ3n) is 4.98. The van der Waals surface area contributed by atoms with Crippen LogP contribution in [-0.2, 0) is 0 Å². The fourth-order valence-electron chi connectivity index (χ4n) is 3.51. The summed E-state index contributed by atoms with van der Waals surface area (Å²) in [6.07, 6.45) is 1.87. The Morgan fingerprint density at radius 1 is 0.938 bits per heavy atom. The van der Waals surface area contributed by atoms with Gasteiger partial charge in [-0.2, -0.15) is 0 Å². The Morgan fingerprint density at radius 3 is 2.59 bits per heavy atom. The summed E-state index contributed by atoms with van der Waals surface area (Å²) in [4.78, 5) is 18.2. The molecule has 6 nitrogen and oxygen atoms in total. The van der Waals surface area contributed by atoms with Crippen LogP contribution >= 0.6 is 11.3 Å². The highest BCUT2D eigenvalue weighted by molar-refractivity contribution is 7.15. The third kappa shape index (κ3) is 3.90. The van der Waals surface area contributed by atoms with Crippen LogP contribution < -0.4 is 24.3 Å². The van der Waals surface area contributed by atoms with Crippen LogP contribution in [0.15, 0.2) is 77.6 Å². The second-order valence-corrected chi connectivity index (χ2v) is 8.06. The van der Waals surface area contributed by atoms with E-state index in [-0.39, 0.29) is 5.56 Å². The van der Waals surface area contributed by atoms with Gasteiger partial charge in [-0.1, -0.05) is 47.7 Å². The number of rotatable bonds is 7. The summed E-state index contributed by atoms with van der Waals surface area (Å²) >= 11 is 1.38. The fourth-order valence-corrected chi connectivity index (χ4v) is 4.49. The first-order valence-electron chi connectivity index (χ1n) is 10.1. The predicted octanol–water partition coefficient (Wildman–Crippen LogP) is 3.92. The summed E-state index contributed by atoms with van der Waals surface area (Å²) in [6, 6.07) is 22.8. The van der Waals surface area contributed by atoms with Gasteiger partial charge in [-0.05, 0) is 48.0 Å². The van der Waals surface area contributed by atoms with Crippen LogP contribution in [0.4, 0.5) is 0 Å². The second kappa shape index (κ2) is 8.72. The molecule has 0 bridgehead atoms. The predicted molar refractivity (Wildman–Crippen MR) is 126 cm³/mol. The largest absolute Gasteiger partial charge is 0.493 e. The summed E-state index contributed by atoms with van der Waals surface area (Å²) in [6.45, 7) is 0.765. The number of imidazole rings is 1. The Morgan fingerprint density at radius 2 is 1.72 bits per heavy atom. The van der Waals surface area contributed by atoms with Crippen LogP contribution in [0.1, 0.15) is 5.56 Å². The first-order chi connectivity index (χ1) is 15.7. The fraction of sp³-hybridized carbons (Fsp3) is 0.120. The van der Waals surface area contributed by atoms with Crippen LogP contribution in [0.5, 0.6) is 17.2 Å². The number of fused-ring (bicyclic) bond motifs is 3. The van der Waals surface area contributed by atoms with Crippen molar-refractivity contribution < 1.29 is 14.2 Å². The Hall–Kier alpha value is -3.84. The Bertz CT molecular complexity index is 1510. The van der Waals surface area contributed by atoms with Gasteiger partial charge in [0.25, 0.3) is 5.56 Å². The molecule has 160 valence electrons. The van der Waals surface area contributed by atoms with E-state index in [9.17, 15) is 4.79 Å². The molecule has 2 aromatic heterocycles. The minimum atomic E-state index is -0.0600. The second-order valence-electron chi connectivity index (χ2n) is 7.05. The first kappa shape index (κ1) is 20.1. The molecule has 3 aromatic carbocycles. The van der Waals surface area contributed by atoms with E-state index in [2.05, 4.69) is 4.98 Å². The van der Waals surface area contributed by atoms with E-state index >= 15 is 0 Å². The van der Waals surface area contributed by atoms with Gasteiger partial charge in [-0.15, -0.1) is 0 Å². The van der Waals surface area contributed by atoms with E-state index in [1.807, 2.05) is 78.9 Å². The highest BCUT2D eigenvalue weighted by Crippen LogP contribution is 2.25. The van der Waals surface area contributed by atoms with Crippen molar-refractivity contribution in [2.45, 2.75) is 0 Å². The molecule has 0 amide bonds. The molecule has 32 heavy (non-hydrogen) atoms. The number of ether oxygens (including phenoxy) is 3. The molecular weight excluding hydrogens is 424 g/mol. The van der Waals surface area contributed by atoms with E-state index in [4.69, 9.17) is 14.2 Å². The Balaban J connectivity index is 1.31. The molecule has 0 radical (unpaired) electrons. The standard InChI is InChI=1S/C25H20N2O4S/c1-29-21-11-4-5-12-22(21)31-14-13-30-18-8-6-7-17(15-18)16-23-24(28)27-20-10-3-2-9-19(20)26-25(27)32-23/h2-12,15-16H,13-14H2,1H3. The van der Waals surface area contributed by atoms with E-state index in [0.29, 0.717) is 40.0 Å². The molecular formula is C25H20N2O4S. The smallest absolute Gasteiger partial charge is 0.274 e. The lowest BCUT2D eigenvalue weighted by Crippen LogP contribution is -2.22. The summed E-state index contributed by atoms with van der Waals surface area (Å²) in [7, 11) is 1.61. The van der Waals surface area contributed by atoms with Crippen molar-refractivity contribution >= 4 is 33.4 Å². The molecule has 0 fully saturated rings. The van der Waals surface area contributed by atoms with Gasteiger partial charge in [0.1, 0.15) is 19.0 Å². The molecule has 0 saturated heterocycles. The van der Waals surface area contributed by atoms with Gasteiger partial charge in [-0.25, -0.2) is 9.38 Å². The van der Waals surface area contributed by atoms with Gasteiger partial charge in [-0.3, -0.25) is 4.79 Å². The van der Waals surface area contributed by atoms with Gasteiger partial charge >= 0.3 is 0 Å². The molecule has 0 unspecified atom stereocenters.